The Kier molecular flexibility index (Phi) is 7.14. The lowest BCUT2D eigenvalue weighted by Gasteiger charge is -2.39. The van der Waals surface area contributed by atoms with E-state index < -0.39 is 5.60 Å². The molecule has 1 atom stereocenters. The lowest BCUT2D eigenvalue weighted by atomic mass is 9.90. The van der Waals surface area contributed by atoms with Gasteiger partial charge in [0.25, 0.3) is 5.56 Å². The highest BCUT2D eigenvalue weighted by Gasteiger charge is 2.35. The van der Waals surface area contributed by atoms with Gasteiger partial charge in [-0.2, -0.15) is 0 Å². The third-order valence-corrected chi connectivity index (χ3v) is 7.05. The number of carbonyl (C=O) groups is 1. The molecule has 3 heterocycles. The summed E-state index contributed by atoms with van der Waals surface area (Å²) in [6, 6.07) is 11.6. The predicted octanol–water partition coefficient (Wildman–Crippen LogP) is 1.54. The minimum atomic E-state index is -1.01. The van der Waals surface area contributed by atoms with Crippen LogP contribution in [-0.2, 0) is 11.3 Å². The number of carbonyl (C=O) groups excluding carboxylic acids is 1. The Bertz CT molecular complexity index is 993. The molecular formula is C25H35N5O3. The van der Waals surface area contributed by atoms with Crippen LogP contribution < -0.4 is 10.5 Å². The van der Waals surface area contributed by atoms with Gasteiger partial charge in [-0.3, -0.25) is 14.2 Å². The van der Waals surface area contributed by atoms with Crippen LogP contribution >= 0.6 is 0 Å². The number of benzene rings is 1. The Balaban J connectivity index is 1.31. The number of anilines is 1. The summed E-state index contributed by atoms with van der Waals surface area (Å²) < 4.78 is 1.49. The summed E-state index contributed by atoms with van der Waals surface area (Å²) in [6.07, 6.45) is 2.91. The van der Waals surface area contributed by atoms with Gasteiger partial charge in [-0.05, 0) is 31.4 Å². The first-order valence-corrected chi connectivity index (χ1v) is 11.9. The first-order chi connectivity index (χ1) is 15.8. The molecule has 8 nitrogen and oxygen atoms in total. The fourth-order valence-corrected chi connectivity index (χ4v) is 4.68. The molecule has 8 heteroatoms. The Morgan fingerprint density at radius 1 is 1.09 bits per heavy atom. The molecule has 2 aromatic rings. The second kappa shape index (κ2) is 10.1. The van der Waals surface area contributed by atoms with Gasteiger partial charge in [0.15, 0.2) is 0 Å². The Morgan fingerprint density at radius 3 is 2.39 bits per heavy atom. The fraction of sp³-hybridized carbons (Fsp3) is 0.560. The summed E-state index contributed by atoms with van der Waals surface area (Å²) in [5, 5.41) is 11.1. The number of piperidine rings is 1. The summed E-state index contributed by atoms with van der Waals surface area (Å²) >= 11 is 0. The molecule has 1 aromatic carbocycles. The summed E-state index contributed by atoms with van der Waals surface area (Å²) in [5.74, 6) is 0.969. The quantitative estimate of drug-likeness (QED) is 0.715. The highest BCUT2D eigenvalue weighted by atomic mass is 16.3. The number of hydrogen-bond acceptors (Lipinski definition) is 6. The van der Waals surface area contributed by atoms with Crippen LogP contribution in [0.4, 0.5) is 5.82 Å². The van der Waals surface area contributed by atoms with Crippen LogP contribution in [0.5, 0.6) is 0 Å². The molecule has 33 heavy (non-hydrogen) atoms. The van der Waals surface area contributed by atoms with E-state index >= 15 is 0 Å². The van der Waals surface area contributed by atoms with Crippen molar-refractivity contribution in [2.75, 3.05) is 51.2 Å². The van der Waals surface area contributed by atoms with Crippen molar-refractivity contribution in [3.05, 3.63) is 58.6 Å². The zero-order chi connectivity index (χ0) is 23.4. The summed E-state index contributed by atoms with van der Waals surface area (Å²) in [7, 11) is 2.09. The van der Waals surface area contributed by atoms with E-state index in [0.29, 0.717) is 38.2 Å². The van der Waals surface area contributed by atoms with E-state index in [1.807, 2.05) is 35.2 Å². The van der Waals surface area contributed by atoms with E-state index in [4.69, 9.17) is 0 Å². The van der Waals surface area contributed by atoms with Crippen molar-refractivity contribution >= 4 is 11.7 Å². The molecule has 0 saturated carbocycles. The molecular weight excluding hydrogens is 418 g/mol. The number of likely N-dealkylation sites (N-methyl/N-ethyl adjacent to an activating group) is 1. The van der Waals surface area contributed by atoms with Crippen molar-refractivity contribution in [2.45, 2.75) is 44.2 Å². The number of aromatic nitrogens is 2. The minimum absolute atomic E-state index is 0.115. The number of rotatable bonds is 6. The van der Waals surface area contributed by atoms with Crippen LogP contribution in [0.25, 0.3) is 0 Å². The lowest BCUT2D eigenvalue weighted by Crippen LogP contribution is -2.50. The predicted molar refractivity (Wildman–Crippen MR) is 128 cm³/mol. The second-order valence-corrected chi connectivity index (χ2v) is 9.62. The molecule has 2 saturated heterocycles. The van der Waals surface area contributed by atoms with Crippen molar-refractivity contribution in [2.24, 2.45) is 0 Å². The maximum absolute atomic E-state index is 12.8. The average molecular weight is 454 g/mol. The van der Waals surface area contributed by atoms with Crippen molar-refractivity contribution in [3.63, 3.8) is 0 Å². The van der Waals surface area contributed by atoms with Crippen LogP contribution in [0.1, 0.15) is 37.7 Å². The second-order valence-electron chi connectivity index (χ2n) is 9.62. The van der Waals surface area contributed by atoms with Crippen molar-refractivity contribution in [1.82, 2.24) is 19.4 Å². The van der Waals surface area contributed by atoms with E-state index in [9.17, 15) is 14.7 Å². The smallest absolute Gasteiger partial charge is 0.255 e. The summed E-state index contributed by atoms with van der Waals surface area (Å²) in [4.78, 5) is 36.2. The van der Waals surface area contributed by atoms with Crippen molar-refractivity contribution in [3.8, 4) is 0 Å². The highest BCUT2D eigenvalue weighted by molar-refractivity contribution is 5.77. The molecule has 2 aliphatic heterocycles. The minimum Gasteiger partial charge on any atom is -0.388 e. The Labute approximate surface area is 195 Å². The van der Waals surface area contributed by atoms with Gasteiger partial charge in [0.2, 0.25) is 5.91 Å². The van der Waals surface area contributed by atoms with Crippen LogP contribution in [0.15, 0.2) is 47.5 Å². The molecule has 1 unspecified atom stereocenters. The molecule has 178 valence electrons. The van der Waals surface area contributed by atoms with Gasteiger partial charge in [0.05, 0.1) is 18.5 Å². The van der Waals surface area contributed by atoms with Gasteiger partial charge in [-0.15, -0.1) is 0 Å². The van der Waals surface area contributed by atoms with Crippen LogP contribution in [0.2, 0.25) is 0 Å². The molecule has 0 aliphatic carbocycles. The number of aliphatic hydroxyl groups is 1. The number of piperazine rings is 1. The maximum Gasteiger partial charge on any atom is 0.255 e. The number of likely N-dealkylation sites (tertiary alicyclic amines) is 1. The van der Waals surface area contributed by atoms with E-state index in [1.54, 1.807) is 12.4 Å². The van der Waals surface area contributed by atoms with Crippen molar-refractivity contribution < 1.29 is 9.90 Å². The van der Waals surface area contributed by atoms with Gasteiger partial charge >= 0.3 is 0 Å². The van der Waals surface area contributed by atoms with Gasteiger partial charge < -0.3 is 19.8 Å². The third-order valence-electron chi connectivity index (χ3n) is 7.05. The highest BCUT2D eigenvalue weighted by Crippen LogP contribution is 2.26. The summed E-state index contributed by atoms with van der Waals surface area (Å²) in [6.45, 7) is 6.86. The first kappa shape index (κ1) is 23.4. The average Bonchev–Trinajstić information content (AvgIpc) is 2.82. The van der Waals surface area contributed by atoms with Gasteiger partial charge in [-0.1, -0.05) is 37.3 Å². The summed E-state index contributed by atoms with van der Waals surface area (Å²) in [5.41, 5.74) is -0.00307. The fourth-order valence-electron chi connectivity index (χ4n) is 4.68. The van der Waals surface area contributed by atoms with Gasteiger partial charge in [0.1, 0.15) is 5.82 Å². The standard InChI is InChI=1S/C25H35N5O3/c1-20(21-6-4-3-5-7-21)16-23(31)29-10-8-25(33,9-11-29)18-30-19-26-22(17-24(30)32)28-14-12-27(2)13-15-28/h3-7,17,19-20,33H,8-16,18H2,1-2H3. The van der Waals surface area contributed by atoms with Crippen molar-refractivity contribution in [1.29, 1.82) is 0 Å². The molecule has 1 N–H and O–H groups in total. The largest absolute Gasteiger partial charge is 0.388 e. The number of hydrogen-bond donors (Lipinski definition) is 1. The van der Waals surface area contributed by atoms with Gasteiger partial charge in [0, 0.05) is 51.8 Å². The normalized spacial score (nSPS) is 20.0. The Morgan fingerprint density at radius 2 is 1.76 bits per heavy atom. The van der Waals surface area contributed by atoms with Crippen LogP contribution in [0.3, 0.4) is 0 Å². The third kappa shape index (κ3) is 5.81. The molecule has 2 fully saturated rings. The van der Waals surface area contributed by atoms with Gasteiger partial charge in [-0.25, -0.2) is 4.98 Å². The molecule has 2 aliphatic rings. The first-order valence-electron chi connectivity index (χ1n) is 11.9. The topological polar surface area (TPSA) is 81.9 Å². The van der Waals surface area contributed by atoms with E-state index in [0.717, 1.165) is 31.7 Å². The number of amides is 1. The SMILES string of the molecule is CC(CC(=O)N1CCC(O)(Cn2cnc(N3CCN(C)CC3)cc2=O)CC1)c1ccccc1. The zero-order valence-corrected chi connectivity index (χ0v) is 19.7. The maximum atomic E-state index is 12.8. The molecule has 1 aromatic heterocycles. The molecule has 0 bridgehead atoms. The Hall–Kier alpha value is -2.71. The van der Waals surface area contributed by atoms with E-state index in [-0.39, 0.29) is 23.9 Å². The molecule has 4 rings (SSSR count). The monoisotopic (exact) mass is 453 g/mol. The molecule has 0 radical (unpaired) electrons. The zero-order valence-electron chi connectivity index (χ0n) is 19.7. The van der Waals surface area contributed by atoms with E-state index in [2.05, 4.69) is 28.8 Å². The number of nitrogens with zero attached hydrogens (tertiary/aromatic N) is 5. The molecule has 0 spiro atoms. The van der Waals surface area contributed by atoms with E-state index in [1.165, 1.54) is 4.57 Å². The molecule has 1 amide bonds. The lowest BCUT2D eigenvalue weighted by molar-refractivity contribution is -0.136. The van der Waals surface area contributed by atoms with Crippen LogP contribution in [0, 0.1) is 0 Å². The van der Waals surface area contributed by atoms with Crippen LogP contribution in [-0.4, -0.2) is 82.3 Å².